The zero-order valence-electron chi connectivity index (χ0n) is 10.5. The quantitative estimate of drug-likeness (QED) is 0.727. The van der Waals surface area contributed by atoms with Crippen molar-refractivity contribution in [2.75, 3.05) is 0 Å². The Balaban J connectivity index is 2.23. The highest BCUT2D eigenvalue weighted by Crippen LogP contribution is 2.28. The van der Waals surface area contributed by atoms with E-state index in [1.807, 2.05) is 36.4 Å². The highest BCUT2D eigenvalue weighted by atomic mass is 16.5. The molecule has 0 saturated carbocycles. The van der Waals surface area contributed by atoms with Crippen LogP contribution in [0.5, 0.6) is 11.5 Å². The fourth-order valence-electron chi connectivity index (χ4n) is 1.60. The number of ether oxygens (including phenoxy) is 1. The van der Waals surface area contributed by atoms with Gasteiger partial charge < -0.3 is 4.74 Å². The lowest BCUT2D eigenvalue weighted by atomic mass is 9.87. The molecule has 1 nitrogen and oxygen atoms in total. The van der Waals surface area contributed by atoms with Crippen LogP contribution in [0.1, 0.15) is 26.3 Å². The van der Waals surface area contributed by atoms with Crippen LogP contribution in [0, 0.1) is 6.07 Å². The van der Waals surface area contributed by atoms with Gasteiger partial charge in [-0.25, -0.2) is 0 Å². The summed E-state index contributed by atoms with van der Waals surface area (Å²) < 4.78 is 5.78. The van der Waals surface area contributed by atoms with Gasteiger partial charge in [0.15, 0.2) is 0 Å². The van der Waals surface area contributed by atoms with Gasteiger partial charge in [-0.1, -0.05) is 45.0 Å². The molecule has 0 aliphatic heterocycles. The predicted molar refractivity (Wildman–Crippen MR) is 70.5 cm³/mol. The van der Waals surface area contributed by atoms with Crippen LogP contribution in [0.3, 0.4) is 0 Å². The second-order valence-electron chi connectivity index (χ2n) is 5.12. The molecule has 0 heterocycles. The van der Waals surface area contributed by atoms with Crippen LogP contribution < -0.4 is 4.74 Å². The van der Waals surface area contributed by atoms with Crippen LogP contribution in [0.2, 0.25) is 0 Å². The topological polar surface area (TPSA) is 9.23 Å². The van der Waals surface area contributed by atoms with E-state index in [1.54, 1.807) is 0 Å². The van der Waals surface area contributed by atoms with E-state index in [2.05, 4.69) is 39.0 Å². The van der Waals surface area contributed by atoms with E-state index < -0.39 is 0 Å². The Morgan fingerprint density at radius 1 is 1.00 bits per heavy atom. The maximum Gasteiger partial charge on any atom is 0.128 e. The zero-order valence-corrected chi connectivity index (χ0v) is 10.5. The third-order valence-corrected chi connectivity index (χ3v) is 2.61. The Morgan fingerprint density at radius 2 is 1.76 bits per heavy atom. The van der Waals surface area contributed by atoms with Gasteiger partial charge in [0.05, 0.1) is 0 Å². The fraction of sp³-hybridized carbons (Fsp3) is 0.250. The Kier molecular flexibility index (Phi) is 3.19. The molecule has 0 unspecified atom stereocenters. The summed E-state index contributed by atoms with van der Waals surface area (Å²) in [7, 11) is 0. The first kappa shape index (κ1) is 11.7. The first-order valence-corrected chi connectivity index (χ1v) is 5.80. The number of hydrogen-bond donors (Lipinski definition) is 0. The smallest absolute Gasteiger partial charge is 0.128 e. The van der Waals surface area contributed by atoms with E-state index in [-0.39, 0.29) is 5.41 Å². The van der Waals surface area contributed by atoms with Crippen molar-refractivity contribution in [2.45, 2.75) is 26.2 Å². The molecular formula is C16H17O. The average Bonchev–Trinajstić information content (AvgIpc) is 2.29. The molecule has 87 valence electrons. The molecule has 2 rings (SSSR count). The van der Waals surface area contributed by atoms with Gasteiger partial charge in [0.25, 0.3) is 0 Å². The molecule has 0 aliphatic carbocycles. The fourth-order valence-corrected chi connectivity index (χ4v) is 1.60. The molecule has 17 heavy (non-hydrogen) atoms. The predicted octanol–water partition coefficient (Wildman–Crippen LogP) is 4.58. The Bertz CT molecular complexity index is 480. The van der Waals surface area contributed by atoms with Crippen molar-refractivity contribution in [3.63, 3.8) is 0 Å². The lowest BCUT2D eigenvalue weighted by Gasteiger charge is -2.19. The van der Waals surface area contributed by atoms with E-state index in [1.165, 1.54) is 5.56 Å². The molecule has 0 aromatic heterocycles. The maximum atomic E-state index is 5.78. The Labute approximate surface area is 103 Å². The van der Waals surface area contributed by atoms with Crippen LogP contribution in [0.4, 0.5) is 0 Å². The minimum atomic E-state index is 0.141. The van der Waals surface area contributed by atoms with Crippen LogP contribution in [-0.4, -0.2) is 0 Å². The van der Waals surface area contributed by atoms with Crippen molar-refractivity contribution in [2.24, 2.45) is 0 Å². The van der Waals surface area contributed by atoms with Crippen LogP contribution >= 0.6 is 0 Å². The van der Waals surface area contributed by atoms with Crippen molar-refractivity contribution >= 4 is 0 Å². The van der Waals surface area contributed by atoms with Crippen molar-refractivity contribution in [3.05, 3.63) is 60.2 Å². The standard InChI is InChI=1S/C16H17O/c1-16(2,3)13-8-7-11-15(12-13)17-14-9-5-4-6-10-14/h4-5,7-12H,1-3H3. The molecule has 0 aliphatic rings. The van der Waals surface area contributed by atoms with Gasteiger partial charge in [-0.2, -0.15) is 0 Å². The third-order valence-electron chi connectivity index (χ3n) is 2.61. The molecule has 1 radical (unpaired) electrons. The van der Waals surface area contributed by atoms with Gasteiger partial charge in [-0.05, 0) is 41.3 Å². The first-order valence-electron chi connectivity index (χ1n) is 5.80. The van der Waals surface area contributed by atoms with Gasteiger partial charge in [0.1, 0.15) is 11.5 Å². The van der Waals surface area contributed by atoms with Crippen LogP contribution in [-0.2, 0) is 5.41 Å². The summed E-state index contributed by atoms with van der Waals surface area (Å²) in [6.07, 6.45) is 0. The summed E-state index contributed by atoms with van der Waals surface area (Å²) in [5.74, 6) is 1.69. The molecule has 0 N–H and O–H groups in total. The first-order chi connectivity index (χ1) is 8.05. The summed E-state index contributed by atoms with van der Waals surface area (Å²) in [5.41, 5.74) is 1.41. The van der Waals surface area contributed by atoms with E-state index in [0.29, 0.717) is 0 Å². The van der Waals surface area contributed by atoms with Gasteiger partial charge in [0.2, 0.25) is 0 Å². The Morgan fingerprint density at radius 3 is 2.41 bits per heavy atom. The molecule has 0 saturated heterocycles. The summed E-state index contributed by atoms with van der Waals surface area (Å²) in [6, 6.07) is 18.8. The van der Waals surface area contributed by atoms with E-state index in [4.69, 9.17) is 4.74 Å². The molecule has 1 heteroatoms. The van der Waals surface area contributed by atoms with E-state index >= 15 is 0 Å². The number of hydrogen-bond acceptors (Lipinski definition) is 1. The molecule has 0 amide bonds. The second-order valence-corrected chi connectivity index (χ2v) is 5.12. The van der Waals surface area contributed by atoms with E-state index in [0.717, 1.165) is 11.5 Å². The monoisotopic (exact) mass is 225 g/mol. The lowest BCUT2D eigenvalue weighted by molar-refractivity contribution is 0.478. The molecule has 0 fully saturated rings. The van der Waals surface area contributed by atoms with Crippen molar-refractivity contribution in [1.29, 1.82) is 0 Å². The van der Waals surface area contributed by atoms with Crippen molar-refractivity contribution in [3.8, 4) is 11.5 Å². The average molecular weight is 225 g/mol. The highest BCUT2D eigenvalue weighted by Gasteiger charge is 2.13. The van der Waals surface area contributed by atoms with Crippen molar-refractivity contribution < 1.29 is 4.74 Å². The van der Waals surface area contributed by atoms with Crippen LogP contribution in [0.15, 0.2) is 48.5 Å². The molecule has 2 aromatic carbocycles. The van der Waals surface area contributed by atoms with Crippen molar-refractivity contribution in [1.82, 2.24) is 0 Å². The van der Waals surface area contributed by atoms with Gasteiger partial charge in [0, 0.05) is 0 Å². The van der Waals surface area contributed by atoms with Gasteiger partial charge in [-0.3, -0.25) is 0 Å². The lowest BCUT2D eigenvalue weighted by Crippen LogP contribution is -2.10. The summed E-state index contributed by atoms with van der Waals surface area (Å²) in [4.78, 5) is 0. The highest BCUT2D eigenvalue weighted by molar-refractivity contribution is 5.36. The molecule has 0 spiro atoms. The zero-order chi connectivity index (χ0) is 12.3. The van der Waals surface area contributed by atoms with Gasteiger partial charge >= 0.3 is 0 Å². The van der Waals surface area contributed by atoms with E-state index in [9.17, 15) is 0 Å². The molecule has 2 aromatic rings. The summed E-state index contributed by atoms with van der Waals surface area (Å²) >= 11 is 0. The molecule has 0 atom stereocenters. The van der Waals surface area contributed by atoms with Gasteiger partial charge in [-0.15, -0.1) is 0 Å². The third kappa shape index (κ3) is 3.10. The minimum absolute atomic E-state index is 0.141. The number of benzene rings is 2. The van der Waals surface area contributed by atoms with Crippen LogP contribution in [0.25, 0.3) is 0 Å². The second kappa shape index (κ2) is 4.62. The normalized spacial score (nSPS) is 11.2. The molecular weight excluding hydrogens is 208 g/mol. The Hall–Kier alpha value is -1.76. The minimum Gasteiger partial charge on any atom is -0.457 e. The SMILES string of the molecule is CC(C)(C)c1cccc(Oc2c[c]ccc2)c1. The maximum absolute atomic E-state index is 5.78. The molecule has 0 bridgehead atoms. The summed E-state index contributed by atoms with van der Waals surface area (Å²) in [6.45, 7) is 6.59. The summed E-state index contributed by atoms with van der Waals surface area (Å²) in [5, 5.41) is 0. The number of rotatable bonds is 2. The largest absolute Gasteiger partial charge is 0.457 e.